The van der Waals surface area contributed by atoms with Crippen molar-refractivity contribution in [1.29, 1.82) is 0 Å². The van der Waals surface area contributed by atoms with Crippen molar-refractivity contribution in [2.24, 2.45) is 0 Å². The number of benzene rings is 1. The number of hydrogen-bond acceptors (Lipinski definition) is 3. The fourth-order valence-electron chi connectivity index (χ4n) is 1.58. The van der Waals surface area contributed by atoms with E-state index in [0.717, 1.165) is 0 Å². The Balaban J connectivity index is 2.30. The molecule has 0 fully saturated rings. The monoisotopic (exact) mass is 281 g/mol. The van der Waals surface area contributed by atoms with Gasteiger partial charge in [0, 0.05) is 29.7 Å². The van der Waals surface area contributed by atoms with E-state index < -0.39 is 29.0 Å². The van der Waals surface area contributed by atoms with Gasteiger partial charge in [-0.25, -0.2) is 13.2 Å². The molecule has 0 unspecified atom stereocenters. The van der Waals surface area contributed by atoms with Crippen LogP contribution in [0.25, 0.3) is 0 Å². The van der Waals surface area contributed by atoms with Gasteiger partial charge in [0.2, 0.25) is 0 Å². The Morgan fingerprint density at radius 2 is 1.80 bits per heavy atom. The zero-order chi connectivity index (χ0) is 14.9. The van der Waals surface area contributed by atoms with E-state index >= 15 is 0 Å². The first-order valence-electron chi connectivity index (χ1n) is 5.56. The second-order valence-electron chi connectivity index (χ2n) is 4.11. The third-order valence-corrected chi connectivity index (χ3v) is 2.58. The summed E-state index contributed by atoms with van der Waals surface area (Å²) in [6.07, 6.45) is 1.22. The van der Waals surface area contributed by atoms with E-state index in [1.165, 1.54) is 12.3 Å². The van der Waals surface area contributed by atoms with Crippen LogP contribution in [0.1, 0.15) is 16.1 Å². The molecule has 1 aromatic carbocycles. The van der Waals surface area contributed by atoms with E-state index in [1.54, 1.807) is 6.92 Å². The van der Waals surface area contributed by atoms with Gasteiger partial charge in [-0.2, -0.15) is 0 Å². The molecule has 0 radical (unpaired) electrons. The molecule has 1 heterocycles. The molecule has 20 heavy (non-hydrogen) atoms. The molecule has 4 nitrogen and oxygen atoms in total. The number of pyridine rings is 1. The van der Waals surface area contributed by atoms with Crippen molar-refractivity contribution in [2.45, 2.75) is 6.92 Å². The largest absolute Gasteiger partial charge is 0.398 e. The van der Waals surface area contributed by atoms with Crippen LogP contribution in [0.2, 0.25) is 0 Å². The number of aromatic nitrogens is 1. The fourth-order valence-corrected chi connectivity index (χ4v) is 1.58. The molecule has 7 heteroatoms. The predicted octanol–water partition coefficient (Wildman–Crippen LogP) is 2.64. The van der Waals surface area contributed by atoms with Crippen LogP contribution < -0.4 is 11.1 Å². The van der Waals surface area contributed by atoms with E-state index in [-0.39, 0.29) is 11.3 Å². The average Bonchev–Trinajstić information content (AvgIpc) is 2.35. The van der Waals surface area contributed by atoms with E-state index in [9.17, 15) is 18.0 Å². The van der Waals surface area contributed by atoms with Crippen LogP contribution in [-0.2, 0) is 0 Å². The third-order valence-electron chi connectivity index (χ3n) is 2.58. The van der Waals surface area contributed by atoms with Crippen molar-refractivity contribution >= 4 is 17.3 Å². The number of nitrogens with two attached hydrogens (primary N) is 1. The van der Waals surface area contributed by atoms with Crippen LogP contribution >= 0.6 is 0 Å². The standard InChI is InChI=1S/C13H10F3N3O/c1-6-2-11(17)7(5-18-6)13(20)19-12-4-9(15)8(14)3-10(12)16/h2-5H,1H3,(H2,17,18)(H,19,20). The van der Waals surface area contributed by atoms with E-state index in [2.05, 4.69) is 10.3 Å². The van der Waals surface area contributed by atoms with E-state index in [1.807, 2.05) is 0 Å². The fraction of sp³-hybridized carbons (Fsp3) is 0.0769. The molecule has 2 rings (SSSR count). The van der Waals surface area contributed by atoms with Gasteiger partial charge < -0.3 is 11.1 Å². The number of halogens is 3. The molecule has 0 spiro atoms. The minimum Gasteiger partial charge on any atom is -0.398 e. The molecule has 1 amide bonds. The Bertz CT molecular complexity index is 689. The van der Waals surface area contributed by atoms with Gasteiger partial charge in [-0.05, 0) is 13.0 Å². The second-order valence-corrected chi connectivity index (χ2v) is 4.11. The summed E-state index contributed by atoms with van der Waals surface area (Å²) in [6, 6.07) is 2.37. The van der Waals surface area contributed by atoms with Gasteiger partial charge in [0.25, 0.3) is 5.91 Å². The van der Waals surface area contributed by atoms with Crippen molar-refractivity contribution in [3.8, 4) is 0 Å². The van der Waals surface area contributed by atoms with Crippen molar-refractivity contribution in [3.05, 3.63) is 53.1 Å². The van der Waals surface area contributed by atoms with E-state index in [0.29, 0.717) is 17.8 Å². The Morgan fingerprint density at radius 3 is 2.45 bits per heavy atom. The van der Waals surface area contributed by atoms with Gasteiger partial charge in [0.15, 0.2) is 11.6 Å². The summed E-state index contributed by atoms with van der Waals surface area (Å²) in [5, 5.41) is 2.11. The highest BCUT2D eigenvalue weighted by Gasteiger charge is 2.15. The highest BCUT2D eigenvalue weighted by molar-refractivity contribution is 6.07. The molecular formula is C13H10F3N3O. The lowest BCUT2D eigenvalue weighted by Crippen LogP contribution is -2.16. The zero-order valence-corrected chi connectivity index (χ0v) is 10.4. The minimum absolute atomic E-state index is 0.0136. The lowest BCUT2D eigenvalue weighted by molar-refractivity contribution is 0.102. The van der Waals surface area contributed by atoms with Crippen molar-refractivity contribution in [3.63, 3.8) is 0 Å². The smallest absolute Gasteiger partial charge is 0.259 e. The quantitative estimate of drug-likeness (QED) is 0.831. The first-order valence-corrected chi connectivity index (χ1v) is 5.56. The maximum Gasteiger partial charge on any atom is 0.259 e. The topological polar surface area (TPSA) is 68.0 Å². The van der Waals surface area contributed by atoms with Gasteiger partial charge in [-0.15, -0.1) is 0 Å². The molecule has 0 aliphatic rings. The number of nitrogen functional groups attached to an aromatic ring is 1. The summed E-state index contributed by atoms with van der Waals surface area (Å²) >= 11 is 0. The van der Waals surface area contributed by atoms with Gasteiger partial charge in [0.1, 0.15) is 5.82 Å². The number of rotatable bonds is 2. The number of nitrogens with one attached hydrogen (secondary N) is 1. The molecule has 1 aromatic heterocycles. The summed E-state index contributed by atoms with van der Waals surface area (Å²) in [5.74, 6) is -4.45. The molecule has 104 valence electrons. The summed E-state index contributed by atoms with van der Waals surface area (Å²) in [7, 11) is 0. The first kappa shape index (κ1) is 13.9. The molecule has 0 atom stereocenters. The number of carbonyl (C=O) groups excluding carboxylic acids is 1. The predicted molar refractivity (Wildman–Crippen MR) is 67.7 cm³/mol. The van der Waals surface area contributed by atoms with Crippen molar-refractivity contribution in [1.82, 2.24) is 4.98 Å². The maximum atomic E-state index is 13.4. The van der Waals surface area contributed by atoms with Crippen molar-refractivity contribution in [2.75, 3.05) is 11.1 Å². The molecular weight excluding hydrogens is 271 g/mol. The van der Waals surface area contributed by atoms with Crippen LogP contribution in [0, 0.1) is 24.4 Å². The summed E-state index contributed by atoms with van der Waals surface area (Å²) in [5.41, 5.74) is 5.94. The molecule has 0 aliphatic carbocycles. The molecule has 0 bridgehead atoms. The van der Waals surface area contributed by atoms with Crippen molar-refractivity contribution < 1.29 is 18.0 Å². The summed E-state index contributed by atoms with van der Waals surface area (Å²) < 4.78 is 39.2. The highest BCUT2D eigenvalue weighted by Crippen LogP contribution is 2.20. The first-order chi connectivity index (χ1) is 9.38. The van der Waals surface area contributed by atoms with Crippen LogP contribution in [-0.4, -0.2) is 10.9 Å². The zero-order valence-electron chi connectivity index (χ0n) is 10.4. The van der Waals surface area contributed by atoms with Crippen LogP contribution in [0.5, 0.6) is 0 Å². The van der Waals surface area contributed by atoms with Gasteiger partial charge >= 0.3 is 0 Å². The Morgan fingerprint density at radius 1 is 1.15 bits per heavy atom. The number of aryl methyl sites for hydroxylation is 1. The van der Waals surface area contributed by atoms with Crippen LogP contribution in [0.3, 0.4) is 0 Å². The number of hydrogen-bond donors (Lipinski definition) is 2. The van der Waals surface area contributed by atoms with Gasteiger partial charge in [-0.3, -0.25) is 9.78 Å². The molecule has 0 saturated heterocycles. The Labute approximate surface area is 112 Å². The molecule has 3 N–H and O–H groups in total. The van der Waals surface area contributed by atoms with Gasteiger partial charge in [-0.1, -0.05) is 0 Å². The number of nitrogens with zero attached hydrogens (tertiary/aromatic N) is 1. The number of amides is 1. The maximum absolute atomic E-state index is 13.4. The Hall–Kier alpha value is -2.57. The SMILES string of the molecule is Cc1cc(N)c(C(=O)Nc2cc(F)c(F)cc2F)cn1. The lowest BCUT2D eigenvalue weighted by Gasteiger charge is -2.09. The second kappa shape index (κ2) is 5.20. The van der Waals surface area contributed by atoms with Gasteiger partial charge in [0.05, 0.1) is 11.3 Å². The average molecular weight is 281 g/mol. The highest BCUT2D eigenvalue weighted by atomic mass is 19.2. The number of carbonyl (C=O) groups is 1. The Kier molecular flexibility index (Phi) is 3.60. The van der Waals surface area contributed by atoms with E-state index in [4.69, 9.17) is 5.73 Å². The third kappa shape index (κ3) is 2.71. The van der Waals surface area contributed by atoms with Crippen LogP contribution in [0.15, 0.2) is 24.4 Å². The number of anilines is 2. The summed E-state index contributed by atoms with van der Waals surface area (Å²) in [4.78, 5) is 15.8. The normalized spacial score (nSPS) is 10.4. The molecule has 0 aliphatic heterocycles. The minimum atomic E-state index is -1.34. The molecule has 2 aromatic rings. The summed E-state index contributed by atoms with van der Waals surface area (Å²) in [6.45, 7) is 1.69. The molecule has 0 saturated carbocycles. The lowest BCUT2D eigenvalue weighted by atomic mass is 10.2. The van der Waals surface area contributed by atoms with Crippen LogP contribution in [0.4, 0.5) is 24.5 Å².